The lowest BCUT2D eigenvalue weighted by atomic mass is 10.0. The average molecular weight is 484 g/mol. The Hall–Kier alpha value is -3.30. The lowest BCUT2D eigenvalue weighted by molar-refractivity contribution is 0.0950. The number of nitrogens with zero attached hydrogens (tertiary/aromatic N) is 2. The van der Waals surface area contributed by atoms with E-state index in [1.807, 2.05) is 0 Å². The van der Waals surface area contributed by atoms with Crippen LogP contribution in [-0.4, -0.2) is 36.7 Å². The highest BCUT2D eigenvalue weighted by Gasteiger charge is 2.28. The minimum absolute atomic E-state index is 0.128. The largest absolute Gasteiger partial charge is 0.439 e. The number of sulfonamides is 1. The van der Waals surface area contributed by atoms with E-state index in [4.69, 9.17) is 4.74 Å². The third-order valence-corrected chi connectivity index (χ3v) is 7.71. The van der Waals surface area contributed by atoms with Gasteiger partial charge in [-0.3, -0.25) is 4.79 Å². The molecule has 4 rings (SSSR count). The molecule has 0 spiro atoms. The molecule has 0 saturated carbocycles. The highest BCUT2D eigenvalue weighted by atomic mass is 32.2. The lowest BCUT2D eigenvalue weighted by Crippen LogP contribution is -2.37. The molecule has 0 aliphatic carbocycles. The zero-order chi connectivity index (χ0) is 24.1. The Morgan fingerprint density at radius 2 is 1.85 bits per heavy atom. The Morgan fingerprint density at radius 3 is 2.56 bits per heavy atom. The van der Waals surface area contributed by atoms with Crippen LogP contribution in [0.2, 0.25) is 0 Å². The van der Waals surface area contributed by atoms with Crippen molar-refractivity contribution >= 4 is 15.9 Å². The van der Waals surface area contributed by atoms with E-state index in [1.165, 1.54) is 46.8 Å². The highest BCUT2D eigenvalue weighted by molar-refractivity contribution is 7.89. The number of rotatable bonds is 7. The van der Waals surface area contributed by atoms with Gasteiger partial charge in [0.25, 0.3) is 5.91 Å². The maximum atomic E-state index is 13.4. The van der Waals surface area contributed by atoms with Gasteiger partial charge in [-0.05, 0) is 61.2 Å². The number of aromatic nitrogens is 1. The van der Waals surface area contributed by atoms with Crippen molar-refractivity contribution in [2.45, 2.75) is 31.2 Å². The molecule has 1 aliphatic rings. The molecule has 0 atom stereocenters. The summed E-state index contributed by atoms with van der Waals surface area (Å²) in [4.78, 5) is 17.0. The number of halogens is 1. The molecule has 1 amide bonds. The molecule has 0 unspecified atom stereocenters. The third-order valence-electron chi connectivity index (χ3n) is 5.80. The molecule has 0 radical (unpaired) electrons. The third kappa shape index (κ3) is 5.60. The van der Waals surface area contributed by atoms with Crippen molar-refractivity contribution in [3.05, 3.63) is 83.8 Å². The van der Waals surface area contributed by atoms with Gasteiger partial charge >= 0.3 is 0 Å². The summed E-state index contributed by atoms with van der Waals surface area (Å²) in [5, 5.41) is 2.79. The van der Waals surface area contributed by atoms with Gasteiger partial charge in [-0.25, -0.2) is 17.8 Å². The maximum Gasteiger partial charge on any atom is 0.251 e. The summed E-state index contributed by atoms with van der Waals surface area (Å²) in [6, 6.07) is 15.1. The summed E-state index contributed by atoms with van der Waals surface area (Å²) >= 11 is 0. The molecule has 1 aromatic heterocycles. The fourth-order valence-electron chi connectivity index (χ4n) is 3.72. The van der Waals surface area contributed by atoms with E-state index < -0.39 is 15.8 Å². The first-order valence-corrected chi connectivity index (χ1v) is 12.5. The van der Waals surface area contributed by atoms with Gasteiger partial charge in [-0.1, -0.05) is 19.1 Å². The van der Waals surface area contributed by atoms with Crippen molar-refractivity contribution in [1.82, 2.24) is 14.6 Å². The van der Waals surface area contributed by atoms with Crippen LogP contribution in [0.15, 0.2) is 71.8 Å². The molecule has 2 heterocycles. The number of carbonyl (C=O) groups is 1. The fourth-order valence-corrected chi connectivity index (χ4v) is 5.19. The second-order valence-electron chi connectivity index (χ2n) is 8.32. The van der Waals surface area contributed by atoms with Crippen LogP contribution in [0, 0.1) is 11.7 Å². The maximum absolute atomic E-state index is 13.4. The zero-order valence-corrected chi connectivity index (χ0v) is 19.6. The van der Waals surface area contributed by atoms with Crippen LogP contribution in [0.25, 0.3) is 0 Å². The standard InChI is InChI=1S/C25H26FN3O4S/c1-18-11-14-29(15-12-18)34(31,32)23-9-7-19(8-10-23)24(30)28-17-20-4-3-13-27-25(20)33-22-6-2-5-21(26)16-22/h2-10,13,16,18H,11-12,14-15,17H2,1H3,(H,28,30). The normalized spacial score (nSPS) is 15.1. The fraction of sp³-hybridized carbons (Fsp3) is 0.280. The quantitative estimate of drug-likeness (QED) is 0.539. The molecule has 34 heavy (non-hydrogen) atoms. The van der Waals surface area contributed by atoms with Gasteiger partial charge in [0.2, 0.25) is 15.9 Å². The number of ether oxygens (including phenoxy) is 1. The van der Waals surface area contributed by atoms with E-state index in [0.717, 1.165) is 12.8 Å². The molecular weight excluding hydrogens is 457 g/mol. The first-order chi connectivity index (χ1) is 16.3. The molecule has 1 saturated heterocycles. The van der Waals surface area contributed by atoms with Crippen LogP contribution in [0.3, 0.4) is 0 Å². The van der Waals surface area contributed by atoms with E-state index in [9.17, 15) is 17.6 Å². The van der Waals surface area contributed by atoms with Gasteiger partial charge < -0.3 is 10.1 Å². The minimum Gasteiger partial charge on any atom is -0.439 e. The monoisotopic (exact) mass is 483 g/mol. The van der Waals surface area contributed by atoms with E-state index >= 15 is 0 Å². The van der Waals surface area contributed by atoms with Crippen molar-refractivity contribution < 1.29 is 22.3 Å². The molecule has 2 aromatic carbocycles. The van der Waals surface area contributed by atoms with Crippen LogP contribution < -0.4 is 10.1 Å². The van der Waals surface area contributed by atoms with Crippen LogP contribution in [-0.2, 0) is 16.6 Å². The van der Waals surface area contributed by atoms with Crippen molar-refractivity contribution in [3.8, 4) is 11.6 Å². The highest BCUT2D eigenvalue weighted by Crippen LogP contribution is 2.25. The molecule has 1 fully saturated rings. The predicted molar refractivity (Wildman–Crippen MR) is 125 cm³/mol. The van der Waals surface area contributed by atoms with Crippen LogP contribution in [0.1, 0.15) is 35.7 Å². The van der Waals surface area contributed by atoms with Gasteiger partial charge in [0.15, 0.2) is 0 Å². The van der Waals surface area contributed by atoms with Gasteiger partial charge in [-0.2, -0.15) is 4.31 Å². The Kier molecular flexibility index (Phi) is 7.23. The van der Waals surface area contributed by atoms with Gasteiger partial charge in [0.1, 0.15) is 11.6 Å². The van der Waals surface area contributed by atoms with Gasteiger partial charge in [-0.15, -0.1) is 0 Å². The van der Waals surface area contributed by atoms with Crippen LogP contribution >= 0.6 is 0 Å². The predicted octanol–water partition coefficient (Wildman–Crippen LogP) is 4.36. The van der Waals surface area contributed by atoms with Crippen LogP contribution in [0.4, 0.5) is 4.39 Å². The Morgan fingerprint density at radius 1 is 1.12 bits per heavy atom. The van der Waals surface area contributed by atoms with Gasteiger partial charge in [0.05, 0.1) is 4.90 Å². The lowest BCUT2D eigenvalue weighted by Gasteiger charge is -2.29. The summed E-state index contributed by atoms with van der Waals surface area (Å²) in [5.74, 6) is 0.286. The Balaban J connectivity index is 1.40. The van der Waals surface area contributed by atoms with Crippen molar-refractivity contribution in [2.24, 2.45) is 5.92 Å². The smallest absolute Gasteiger partial charge is 0.251 e. The SMILES string of the molecule is CC1CCN(S(=O)(=O)c2ccc(C(=O)NCc3cccnc3Oc3cccc(F)c3)cc2)CC1. The number of benzene rings is 2. The van der Waals surface area contributed by atoms with E-state index in [1.54, 1.807) is 24.4 Å². The summed E-state index contributed by atoms with van der Waals surface area (Å²) in [6.45, 7) is 3.27. The molecule has 0 bridgehead atoms. The second-order valence-corrected chi connectivity index (χ2v) is 10.3. The second kappa shape index (κ2) is 10.3. The number of amides is 1. The molecule has 1 aliphatic heterocycles. The van der Waals surface area contributed by atoms with Crippen molar-refractivity contribution in [2.75, 3.05) is 13.1 Å². The molecule has 7 nitrogen and oxygen atoms in total. The van der Waals surface area contributed by atoms with Crippen molar-refractivity contribution in [1.29, 1.82) is 0 Å². The summed E-state index contributed by atoms with van der Waals surface area (Å²) in [7, 11) is -3.57. The molecule has 1 N–H and O–H groups in total. The van der Waals surface area contributed by atoms with Crippen molar-refractivity contribution in [3.63, 3.8) is 0 Å². The Labute approximate surface area is 198 Å². The summed E-state index contributed by atoms with van der Waals surface area (Å²) < 4.78 is 46.4. The summed E-state index contributed by atoms with van der Waals surface area (Å²) in [5.41, 5.74) is 0.946. The first kappa shape index (κ1) is 23.8. The first-order valence-electron chi connectivity index (χ1n) is 11.1. The number of hydrogen-bond acceptors (Lipinski definition) is 5. The molecule has 9 heteroatoms. The number of nitrogens with one attached hydrogen (secondary N) is 1. The number of hydrogen-bond donors (Lipinski definition) is 1. The van der Waals surface area contributed by atoms with Gasteiger partial charge in [0, 0.05) is 43.0 Å². The van der Waals surface area contributed by atoms with E-state index in [-0.39, 0.29) is 23.2 Å². The molecule has 3 aromatic rings. The zero-order valence-electron chi connectivity index (χ0n) is 18.8. The average Bonchev–Trinajstić information content (AvgIpc) is 2.84. The Bertz CT molecular complexity index is 1260. The number of pyridine rings is 1. The topological polar surface area (TPSA) is 88.6 Å². The number of carbonyl (C=O) groups excluding carboxylic acids is 1. The molecular formula is C25H26FN3O4S. The van der Waals surface area contributed by atoms with E-state index in [2.05, 4.69) is 17.2 Å². The summed E-state index contributed by atoms with van der Waals surface area (Å²) in [6.07, 6.45) is 3.24. The number of piperidine rings is 1. The van der Waals surface area contributed by atoms with Crippen LogP contribution in [0.5, 0.6) is 11.6 Å². The van der Waals surface area contributed by atoms with E-state index in [0.29, 0.717) is 35.9 Å². The molecule has 178 valence electrons. The minimum atomic E-state index is -3.57.